The van der Waals surface area contributed by atoms with E-state index in [1.807, 2.05) is 12.1 Å². The Hall–Kier alpha value is -2.87. The van der Waals surface area contributed by atoms with Crippen molar-refractivity contribution in [2.75, 3.05) is 19.0 Å². The van der Waals surface area contributed by atoms with Crippen LogP contribution >= 0.6 is 11.3 Å². The number of nitrogens with one attached hydrogen (secondary N) is 2. The molecule has 7 nitrogen and oxygen atoms in total. The van der Waals surface area contributed by atoms with Crippen LogP contribution in [-0.4, -0.2) is 34.4 Å². The van der Waals surface area contributed by atoms with Gasteiger partial charge in [-0.1, -0.05) is 0 Å². The zero-order chi connectivity index (χ0) is 16.7. The number of esters is 1. The molecular weight excluding hydrogens is 328 g/mol. The molecule has 1 aliphatic rings. The molecule has 0 fully saturated rings. The van der Waals surface area contributed by atoms with E-state index in [4.69, 9.17) is 4.74 Å². The van der Waals surface area contributed by atoms with Gasteiger partial charge >= 0.3 is 5.97 Å². The molecule has 0 unspecified atom stereocenters. The van der Waals surface area contributed by atoms with Crippen LogP contribution in [0.5, 0.6) is 0 Å². The third kappa shape index (κ3) is 2.15. The number of ether oxygens (including phenoxy) is 1. The Balaban J connectivity index is 1.93. The van der Waals surface area contributed by atoms with Crippen LogP contribution in [0.15, 0.2) is 34.6 Å². The van der Waals surface area contributed by atoms with Gasteiger partial charge in [-0.3, -0.25) is 9.89 Å². The largest absolute Gasteiger partial charge is 0.465 e. The van der Waals surface area contributed by atoms with Crippen molar-refractivity contribution >= 4 is 23.1 Å². The second-order valence-electron chi connectivity index (χ2n) is 5.31. The second-order valence-corrected chi connectivity index (χ2v) is 6.22. The zero-order valence-electron chi connectivity index (χ0n) is 12.8. The molecule has 0 spiro atoms. The van der Waals surface area contributed by atoms with Crippen LogP contribution in [0.2, 0.25) is 0 Å². The summed E-state index contributed by atoms with van der Waals surface area (Å²) in [5.74, 6) is 0.281. The molecule has 0 aliphatic carbocycles. The highest BCUT2D eigenvalue weighted by Crippen LogP contribution is 2.30. The van der Waals surface area contributed by atoms with Crippen molar-refractivity contribution in [1.29, 1.82) is 0 Å². The molecule has 122 valence electrons. The second kappa shape index (κ2) is 5.64. The number of pyridine rings is 1. The third-order valence-corrected chi connectivity index (χ3v) is 4.87. The fourth-order valence-corrected chi connectivity index (χ4v) is 3.67. The molecule has 8 heteroatoms. The molecule has 0 saturated heterocycles. The van der Waals surface area contributed by atoms with E-state index in [1.54, 1.807) is 17.6 Å². The van der Waals surface area contributed by atoms with Gasteiger partial charge in [0.05, 0.1) is 18.5 Å². The van der Waals surface area contributed by atoms with Gasteiger partial charge in [0, 0.05) is 23.9 Å². The Morgan fingerprint density at radius 3 is 3.12 bits per heavy atom. The first kappa shape index (κ1) is 14.7. The number of methoxy groups -OCH3 is 1. The maximum Gasteiger partial charge on any atom is 0.350 e. The first-order valence-electron chi connectivity index (χ1n) is 7.40. The smallest absolute Gasteiger partial charge is 0.350 e. The van der Waals surface area contributed by atoms with E-state index in [2.05, 4.69) is 15.4 Å². The number of carbonyl (C=O) groups excluding carboxylic acids is 1. The number of thiophene rings is 1. The third-order valence-electron chi connectivity index (χ3n) is 3.99. The van der Waals surface area contributed by atoms with Gasteiger partial charge in [-0.15, -0.1) is 11.3 Å². The van der Waals surface area contributed by atoms with Gasteiger partial charge < -0.3 is 10.1 Å². The molecule has 0 radical (unpaired) electrons. The molecule has 24 heavy (non-hydrogen) atoms. The minimum atomic E-state index is -0.458. The number of fused-ring (bicyclic) bond motifs is 3. The number of H-pyrrole nitrogens is 1. The number of anilines is 1. The zero-order valence-corrected chi connectivity index (χ0v) is 13.6. The van der Waals surface area contributed by atoms with Gasteiger partial charge in [-0.05, 0) is 30.0 Å². The fourth-order valence-electron chi connectivity index (χ4n) is 2.87. The molecule has 0 atom stereocenters. The van der Waals surface area contributed by atoms with Crippen molar-refractivity contribution in [3.8, 4) is 16.9 Å². The molecule has 3 aromatic rings. The number of rotatable bonds is 2. The number of carbonyl (C=O) groups is 1. The highest BCUT2D eigenvalue weighted by atomic mass is 32.1. The summed E-state index contributed by atoms with van der Waals surface area (Å²) in [5.41, 5.74) is 2.59. The van der Waals surface area contributed by atoms with Gasteiger partial charge in [-0.2, -0.15) is 0 Å². The highest BCUT2D eigenvalue weighted by Gasteiger charge is 2.24. The van der Waals surface area contributed by atoms with Crippen molar-refractivity contribution in [1.82, 2.24) is 14.8 Å². The Morgan fingerprint density at radius 1 is 1.42 bits per heavy atom. The normalized spacial score (nSPS) is 12.7. The van der Waals surface area contributed by atoms with E-state index in [-0.39, 0.29) is 5.56 Å². The lowest BCUT2D eigenvalue weighted by molar-refractivity contribution is 0.0606. The predicted molar refractivity (Wildman–Crippen MR) is 91.0 cm³/mol. The standard InChI is InChI=1S/C16H14N4O3S/c1-23-16(22)13-11(5-8-24-13)20-15(21)10-4-7-18-14-9(12(10)19-20)3-2-6-17-14/h2-3,5-6,8,19H,4,7H2,1H3,(H,17,18). The van der Waals surface area contributed by atoms with Crippen LogP contribution in [0.25, 0.3) is 16.9 Å². The Morgan fingerprint density at radius 2 is 2.29 bits per heavy atom. The van der Waals surface area contributed by atoms with E-state index in [1.165, 1.54) is 23.1 Å². The van der Waals surface area contributed by atoms with Crippen LogP contribution in [0.4, 0.5) is 5.82 Å². The van der Waals surface area contributed by atoms with E-state index in [9.17, 15) is 9.59 Å². The summed E-state index contributed by atoms with van der Waals surface area (Å²) in [6.07, 6.45) is 2.28. The molecule has 0 saturated carbocycles. The SMILES string of the molecule is COC(=O)c1sccc1-n1[nH]c2c(c1=O)CCNc1ncccc1-2. The maximum atomic E-state index is 12.9. The summed E-state index contributed by atoms with van der Waals surface area (Å²) in [6, 6.07) is 5.47. The minimum absolute atomic E-state index is 0.160. The summed E-state index contributed by atoms with van der Waals surface area (Å²) < 4.78 is 6.21. The molecule has 4 heterocycles. The van der Waals surface area contributed by atoms with Crippen LogP contribution < -0.4 is 10.9 Å². The van der Waals surface area contributed by atoms with Crippen LogP contribution in [-0.2, 0) is 11.2 Å². The highest BCUT2D eigenvalue weighted by molar-refractivity contribution is 7.12. The van der Waals surface area contributed by atoms with Crippen LogP contribution in [0.3, 0.4) is 0 Å². The molecule has 0 aromatic carbocycles. The van der Waals surface area contributed by atoms with Gasteiger partial charge in [0.15, 0.2) is 0 Å². The van der Waals surface area contributed by atoms with Crippen molar-refractivity contribution in [3.63, 3.8) is 0 Å². The van der Waals surface area contributed by atoms with Gasteiger partial charge in [0.2, 0.25) is 0 Å². The first-order valence-corrected chi connectivity index (χ1v) is 8.28. The Bertz CT molecular complexity index is 985. The summed E-state index contributed by atoms with van der Waals surface area (Å²) in [7, 11) is 1.33. The number of aromatic nitrogens is 3. The van der Waals surface area contributed by atoms with Gasteiger partial charge in [0.1, 0.15) is 10.7 Å². The van der Waals surface area contributed by atoms with E-state index < -0.39 is 5.97 Å². The average molecular weight is 342 g/mol. The van der Waals surface area contributed by atoms with Crippen molar-refractivity contribution in [3.05, 3.63) is 50.6 Å². The van der Waals surface area contributed by atoms with E-state index >= 15 is 0 Å². The molecule has 1 aliphatic heterocycles. The first-order chi connectivity index (χ1) is 11.7. The monoisotopic (exact) mass is 342 g/mol. The quantitative estimate of drug-likeness (QED) is 0.696. The number of nitrogens with zero attached hydrogens (tertiary/aromatic N) is 2. The molecule has 4 rings (SSSR count). The molecule has 2 N–H and O–H groups in total. The van der Waals surface area contributed by atoms with Crippen molar-refractivity contribution in [2.24, 2.45) is 0 Å². The lowest BCUT2D eigenvalue weighted by Crippen LogP contribution is -2.20. The van der Waals surface area contributed by atoms with Gasteiger partial charge in [-0.25, -0.2) is 14.5 Å². The van der Waals surface area contributed by atoms with Crippen molar-refractivity contribution < 1.29 is 9.53 Å². The summed E-state index contributed by atoms with van der Waals surface area (Å²) in [6.45, 7) is 0.623. The average Bonchev–Trinajstić information content (AvgIpc) is 3.15. The van der Waals surface area contributed by atoms with Crippen LogP contribution in [0, 0.1) is 0 Å². The van der Waals surface area contributed by atoms with Crippen LogP contribution in [0.1, 0.15) is 15.2 Å². The maximum absolute atomic E-state index is 12.9. The van der Waals surface area contributed by atoms with Gasteiger partial charge in [0.25, 0.3) is 5.56 Å². The summed E-state index contributed by atoms with van der Waals surface area (Å²) in [5, 5.41) is 8.13. The summed E-state index contributed by atoms with van der Waals surface area (Å²) in [4.78, 5) is 29.5. The van der Waals surface area contributed by atoms with E-state index in [0.29, 0.717) is 29.1 Å². The van der Waals surface area contributed by atoms with Crippen molar-refractivity contribution in [2.45, 2.75) is 6.42 Å². The lowest BCUT2D eigenvalue weighted by atomic mass is 10.1. The Labute approximate surface area is 140 Å². The predicted octanol–water partition coefficient (Wildman–Crippen LogP) is 2.04. The minimum Gasteiger partial charge on any atom is -0.465 e. The molecule has 3 aromatic heterocycles. The number of aromatic amines is 1. The number of hydrogen-bond acceptors (Lipinski definition) is 6. The topological polar surface area (TPSA) is 89.0 Å². The van der Waals surface area contributed by atoms with E-state index in [0.717, 1.165) is 17.1 Å². The number of hydrogen-bond donors (Lipinski definition) is 2. The summed E-state index contributed by atoms with van der Waals surface area (Å²) >= 11 is 1.24. The molecule has 0 amide bonds. The lowest BCUT2D eigenvalue weighted by Gasteiger charge is -2.06. The fraction of sp³-hybridized carbons (Fsp3) is 0.188. The molecular formula is C16H14N4O3S. The molecule has 0 bridgehead atoms. The Kier molecular flexibility index (Phi) is 3.46.